The first-order valence-corrected chi connectivity index (χ1v) is 11.8. The number of anilines is 1. The highest BCUT2D eigenvalue weighted by Gasteiger charge is 2.54. The van der Waals surface area contributed by atoms with Gasteiger partial charge in [0.05, 0.1) is 12.6 Å². The second-order valence-electron chi connectivity index (χ2n) is 7.68. The lowest BCUT2D eigenvalue weighted by molar-refractivity contribution is -0.145. The number of aryl methyl sites for hydroxylation is 1. The van der Waals surface area contributed by atoms with Crippen LogP contribution in [0, 0.1) is 6.92 Å². The highest BCUT2D eigenvalue weighted by molar-refractivity contribution is 7.84. The van der Waals surface area contributed by atoms with E-state index in [1.165, 1.54) is 30.2 Å². The van der Waals surface area contributed by atoms with Crippen LogP contribution in [0.5, 0.6) is 0 Å². The minimum Gasteiger partial charge on any atom is -0.509 e. The number of thiazole rings is 1. The molecule has 15 nitrogen and oxygen atoms in total. The summed E-state index contributed by atoms with van der Waals surface area (Å²) in [5.41, 5.74) is 3.90. The number of nitrogen functional groups attached to an aromatic ring is 1. The van der Waals surface area contributed by atoms with Crippen molar-refractivity contribution in [3.8, 4) is 0 Å². The number of nitrogens with zero attached hydrogens (tertiary/aromatic N) is 6. The number of carbonyl (C=O) groups is 2. The van der Waals surface area contributed by atoms with E-state index in [2.05, 4.69) is 32.1 Å². The topological polar surface area (TPSA) is 215 Å². The van der Waals surface area contributed by atoms with Gasteiger partial charge in [-0.2, -0.15) is 13.5 Å². The molecule has 1 saturated heterocycles. The van der Waals surface area contributed by atoms with E-state index >= 15 is 0 Å². The number of nitrogens with two attached hydrogens (primary N) is 1. The molecule has 1 fully saturated rings. The standard InChI is InChI=1S/C17H22N8O7S2/c1-8(26)17(3,4)32-23-12(10-6-33-16(18)21-10)14(27)22-13-11(5-24-9(2)19-7-20-24)25(15(13)28)34(29,30)31/h6-7,11,13,26H,1,5H2,2-4H3,(H2,18,21)(H,22,27)(H,29,30,31)/b23-12-/t11-,13+/m1/s1. The Morgan fingerprint density at radius 3 is 2.65 bits per heavy atom. The fourth-order valence-electron chi connectivity index (χ4n) is 2.84. The number of carbonyl (C=O) groups excluding carboxylic acids is 2. The minimum atomic E-state index is -4.91. The molecule has 0 aromatic carbocycles. The van der Waals surface area contributed by atoms with Crippen LogP contribution in [0.3, 0.4) is 0 Å². The molecule has 34 heavy (non-hydrogen) atoms. The molecule has 1 aliphatic heterocycles. The summed E-state index contributed by atoms with van der Waals surface area (Å²) < 4.78 is 34.5. The minimum absolute atomic E-state index is 0.0152. The molecule has 0 spiro atoms. The molecule has 184 valence electrons. The first-order chi connectivity index (χ1) is 15.7. The molecule has 1 aliphatic rings. The summed E-state index contributed by atoms with van der Waals surface area (Å²) >= 11 is 1.01. The number of aliphatic hydroxyl groups excluding tert-OH is 1. The summed E-state index contributed by atoms with van der Waals surface area (Å²) in [6, 6.07) is -2.57. The van der Waals surface area contributed by atoms with E-state index in [9.17, 15) is 27.7 Å². The molecule has 2 atom stereocenters. The fourth-order valence-corrected chi connectivity index (χ4v) is 4.26. The van der Waals surface area contributed by atoms with Crippen LogP contribution in [0.4, 0.5) is 5.13 Å². The summed E-state index contributed by atoms with van der Waals surface area (Å²) in [5, 5.41) is 21.3. The van der Waals surface area contributed by atoms with Crippen LogP contribution in [-0.2, 0) is 31.3 Å². The second-order valence-corrected chi connectivity index (χ2v) is 9.86. The van der Waals surface area contributed by atoms with Crippen LogP contribution in [0.1, 0.15) is 25.4 Å². The van der Waals surface area contributed by atoms with Gasteiger partial charge >= 0.3 is 10.3 Å². The molecule has 0 saturated carbocycles. The van der Waals surface area contributed by atoms with Crippen molar-refractivity contribution in [3.05, 3.63) is 35.6 Å². The van der Waals surface area contributed by atoms with E-state index in [1.54, 1.807) is 6.92 Å². The van der Waals surface area contributed by atoms with Gasteiger partial charge in [-0.3, -0.25) is 14.1 Å². The molecule has 3 rings (SSSR count). The maximum atomic E-state index is 13.1. The third-order valence-electron chi connectivity index (χ3n) is 4.91. The summed E-state index contributed by atoms with van der Waals surface area (Å²) in [5.74, 6) is -1.96. The van der Waals surface area contributed by atoms with Crippen molar-refractivity contribution in [1.29, 1.82) is 0 Å². The normalized spacial score (nSPS) is 19.0. The van der Waals surface area contributed by atoms with E-state index in [1.807, 2.05) is 0 Å². The van der Waals surface area contributed by atoms with Crippen molar-refractivity contribution >= 4 is 44.3 Å². The van der Waals surface area contributed by atoms with Gasteiger partial charge in [-0.1, -0.05) is 11.7 Å². The van der Waals surface area contributed by atoms with E-state index in [0.717, 1.165) is 11.3 Å². The van der Waals surface area contributed by atoms with Crippen LogP contribution in [-0.4, -0.2) is 77.3 Å². The zero-order chi connectivity index (χ0) is 25.4. The van der Waals surface area contributed by atoms with Gasteiger partial charge in [0.15, 0.2) is 16.4 Å². The monoisotopic (exact) mass is 514 g/mol. The van der Waals surface area contributed by atoms with Gasteiger partial charge in [-0.25, -0.2) is 19.0 Å². The average molecular weight is 515 g/mol. The average Bonchev–Trinajstić information content (AvgIpc) is 3.32. The highest BCUT2D eigenvalue weighted by atomic mass is 32.2. The van der Waals surface area contributed by atoms with Gasteiger partial charge < -0.3 is 21.0 Å². The highest BCUT2D eigenvalue weighted by Crippen LogP contribution is 2.26. The SMILES string of the molecule is C=C(O)C(C)(C)O/N=C(\C(=O)N[C@@H]1C(=O)N(S(=O)(=O)O)[C@@H]1Cn1ncnc1C)c1csc(N)n1. The molecule has 2 aromatic rings. The zero-order valence-electron chi connectivity index (χ0n) is 18.2. The Kier molecular flexibility index (Phi) is 6.63. The van der Waals surface area contributed by atoms with Crippen molar-refractivity contribution in [1.82, 2.24) is 29.4 Å². The number of hydrogen-bond donors (Lipinski definition) is 4. The molecule has 0 unspecified atom stereocenters. The molecular weight excluding hydrogens is 492 g/mol. The second kappa shape index (κ2) is 8.99. The summed E-state index contributed by atoms with van der Waals surface area (Å²) in [7, 11) is -4.91. The molecule has 0 aliphatic carbocycles. The van der Waals surface area contributed by atoms with Crippen molar-refractivity contribution in [2.75, 3.05) is 5.73 Å². The lowest BCUT2D eigenvalue weighted by Gasteiger charge is -2.44. The third-order valence-corrected chi connectivity index (χ3v) is 6.54. The van der Waals surface area contributed by atoms with Gasteiger partial charge in [0.2, 0.25) is 0 Å². The van der Waals surface area contributed by atoms with Crippen LogP contribution >= 0.6 is 11.3 Å². The zero-order valence-corrected chi connectivity index (χ0v) is 19.9. The molecule has 0 radical (unpaired) electrons. The van der Waals surface area contributed by atoms with Gasteiger partial charge in [0.25, 0.3) is 11.8 Å². The van der Waals surface area contributed by atoms with Gasteiger partial charge in [0, 0.05) is 5.38 Å². The number of aliphatic hydroxyl groups is 1. The van der Waals surface area contributed by atoms with Crippen molar-refractivity contribution in [2.45, 2.75) is 45.0 Å². The van der Waals surface area contributed by atoms with Crippen LogP contribution < -0.4 is 11.1 Å². The molecule has 3 heterocycles. The fraction of sp³-hybridized carbons (Fsp3) is 0.412. The maximum Gasteiger partial charge on any atom is 0.362 e. The first-order valence-electron chi connectivity index (χ1n) is 9.54. The number of hydrogen-bond acceptors (Lipinski definition) is 12. The van der Waals surface area contributed by atoms with Crippen molar-refractivity contribution < 1.29 is 32.5 Å². The number of aromatic nitrogens is 4. The van der Waals surface area contributed by atoms with E-state index in [-0.39, 0.29) is 27.4 Å². The number of amides is 2. The van der Waals surface area contributed by atoms with E-state index in [0.29, 0.717) is 5.82 Å². The predicted octanol–water partition coefficient (Wildman–Crippen LogP) is -0.605. The number of nitrogens with one attached hydrogen (secondary N) is 1. The maximum absolute atomic E-state index is 13.1. The largest absolute Gasteiger partial charge is 0.509 e. The van der Waals surface area contributed by atoms with Crippen molar-refractivity contribution in [3.63, 3.8) is 0 Å². The number of oxime groups is 1. The molecule has 5 N–H and O–H groups in total. The summed E-state index contributed by atoms with van der Waals surface area (Å²) in [4.78, 5) is 38.7. The Labute approximate surface area is 197 Å². The Morgan fingerprint density at radius 1 is 1.47 bits per heavy atom. The van der Waals surface area contributed by atoms with Gasteiger partial charge in [-0.15, -0.1) is 11.3 Å². The first kappa shape index (κ1) is 25.1. The Bertz CT molecular complexity index is 1270. The summed E-state index contributed by atoms with van der Waals surface area (Å²) in [6.07, 6.45) is 1.23. The molecule has 0 bridgehead atoms. The molecular formula is C17H22N8O7S2. The lowest BCUT2D eigenvalue weighted by Crippen LogP contribution is -2.73. The van der Waals surface area contributed by atoms with Gasteiger partial charge in [0.1, 0.15) is 29.6 Å². The van der Waals surface area contributed by atoms with E-state index < -0.39 is 45.5 Å². The molecule has 17 heteroatoms. The quantitative estimate of drug-likeness (QED) is 0.109. The van der Waals surface area contributed by atoms with Crippen molar-refractivity contribution in [2.24, 2.45) is 5.16 Å². The Balaban J connectivity index is 1.90. The smallest absolute Gasteiger partial charge is 0.362 e. The predicted molar refractivity (Wildman–Crippen MR) is 119 cm³/mol. The molecule has 2 amide bonds. The Hall–Kier alpha value is -3.57. The van der Waals surface area contributed by atoms with Gasteiger partial charge in [-0.05, 0) is 20.8 Å². The molecule has 2 aromatic heterocycles. The third kappa shape index (κ3) is 5.00. The van der Waals surface area contributed by atoms with Crippen LogP contribution in [0.15, 0.2) is 29.2 Å². The number of rotatable bonds is 9. The lowest BCUT2D eigenvalue weighted by atomic mass is 9.98. The summed E-state index contributed by atoms with van der Waals surface area (Å²) in [6.45, 7) is 7.68. The van der Waals surface area contributed by atoms with Crippen LogP contribution in [0.2, 0.25) is 0 Å². The Morgan fingerprint density at radius 2 is 2.15 bits per heavy atom. The number of β-lactam (4-membered cyclic amide) rings is 1. The van der Waals surface area contributed by atoms with Crippen LogP contribution in [0.25, 0.3) is 0 Å². The van der Waals surface area contributed by atoms with E-state index in [4.69, 9.17) is 10.6 Å².